The zero-order valence-corrected chi connectivity index (χ0v) is 10.8. The summed E-state index contributed by atoms with van der Waals surface area (Å²) in [4.78, 5) is 32.9. The summed E-state index contributed by atoms with van der Waals surface area (Å²) in [7, 11) is 0. The van der Waals surface area contributed by atoms with Gasteiger partial charge in [-0.15, -0.1) is 0 Å². The monoisotopic (exact) mass is 268 g/mol. The molecule has 0 saturated heterocycles. The number of hydrogen-bond donors (Lipinski definition) is 3. The molecule has 6 heteroatoms. The van der Waals surface area contributed by atoms with Gasteiger partial charge < -0.3 is 21.0 Å². The van der Waals surface area contributed by atoms with Gasteiger partial charge in [0, 0.05) is 12.8 Å². The number of aldehydes is 1. The van der Waals surface area contributed by atoms with Gasteiger partial charge in [-0.25, -0.2) is 0 Å². The lowest BCUT2D eigenvalue weighted by molar-refractivity contribution is -0.128. The highest BCUT2D eigenvalue weighted by Gasteiger charge is 2.18. The predicted molar refractivity (Wildman–Crippen MR) is 69.0 cm³/mol. The molecule has 0 spiro atoms. The molecule has 2 amide bonds. The van der Waals surface area contributed by atoms with E-state index in [4.69, 9.17) is 5.73 Å². The van der Waals surface area contributed by atoms with Crippen LogP contribution >= 0.6 is 0 Å². The predicted octanol–water partition coefficient (Wildman–Crippen LogP) is -0.203. The lowest BCUT2D eigenvalue weighted by Gasteiger charge is -2.18. The summed E-state index contributed by atoms with van der Waals surface area (Å²) in [6.07, 6.45) is 5.14. The molecule has 2 atom stereocenters. The number of allylic oxidation sites excluding steroid dienone is 1. The zero-order valence-electron chi connectivity index (χ0n) is 10.8. The van der Waals surface area contributed by atoms with Crippen molar-refractivity contribution in [2.45, 2.75) is 50.7 Å². The minimum Gasteiger partial charge on any atom is -0.393 e. The van der Waals surface area contributed by atoms with Crippen LogP contribution in [-0.2, 0) is 14.4 Å². The number of nitrogens with two attached hydrogens (primary N) is 1. The minimum absolute atomic E-state index is 0.101. The summed E-state index contributed by atoms with van der Waals surface area (Å²) >= 11 is 0. The van der Waals surface area contributed by atoms with E-state index in [2.05, 4.69) is 5.32 Å². The fraction of sp³-hybridized carbons (Fsp3) is 0.615. The van der Waals surface area contributed by atoms with E-state index in [0.717, 1.165) is 18.4 Å². The molecule has 1 aliphatic rings. The lowest BCUT2D eigenvalue weighted by Crippen LogP contribution is -2.44. The van der Waals surface area contributed by atoms with E-state index >= 15 is 0 Å². The second-order valence-electron chi connectivity index (χ2n) is 4.72. The number of primary amides is 1. The van der Waals surface area contributed by atoms with Crippen molar-refractivity contribution in [1.29, 1.82) is 0 Å². The van der Waals surface area contributed by atoms with Gasteiger partial charge in [-0.2, -0.15) is 0 Å². The van der Waals surface area contributed by atoms with Crippen LogP contribution in [-0.4, -0.2) is 35.4 Å². The normalized spacial score (nSPS) is 20.3. The SMILES string of the molecule is NC(=O)[C@H](CC=O)NC(=O)CCC1=CC[C@@H](O)CC1. The van der Waals surface area contributed by atoms with E-state index in [-0.39, 0.29) is 24.9 Å². The van der Waals surface area contributed by atoms with Crippen molar-refractivity contribution in [2.75, 3.05) is 0 Å². The highest BCUT2D eigenvalue weighted by Crippen LogP contribution is 2.21. The van der Waals surface area contributed by atoms with Crippen molar-refractivity contribution in [1.82, 2.24) is 5.32 Å². The second kappa shape index (κ2) is 7.68. The Labute approximate surface area is 112 Å². The molecular weight excluding hydrogens is 248 g/mol. The van der Waals surface area contributed by atoms with E-state index < -0.39 is 11.9 Å². The Morgan fingerprint density at radius 1 is 1.58 bits per heavy atom. The van der Waals surface area contributed by atoms with Crippen LogP contribution in [0.2, 0.25) is 0 Å². The average molecular weight is 268 g/mol. The van der Waals surface area contributed by atoms with Crippen molar-refractivity contribution in [2.24, 2.45) is 5.73 Å². The summed E-state index contributed by atoms with van der Waals surface area (Å²) in [5.41, 5.74) is 6.22. The lowest BCUT2D eigenvalue weighted by atomic mass is 9.94. The molecule has 0 aromatic heterocycles. The second-order valence-corrected chi connectivity index (χ2v) is 4.72. The molecule has 6 nitrogen and oxygen atoms in total. The number of carbonyl (C=O) groups is 3. The molecule has 1 rings (SSSR count). The van der Waals surface area contributed by atoms with Crippen molar-refractivity contribution < 1.29 is 19.5 Å². The Kier molecular flexibility index (Phi) is 6.21. The molecule has 0 aromatic carbocycles. The summed E-state index contributed by atoms with van der Waals surface area (Å²) in [6.45, 7) is 0. The van der Waals surface area contributed by atoms with E-state index in [1.54, 1.807) is 0 Å². The number of rotatable bonds is 7. The van der Waals surface area contributed by atoms with Crippen LogP contribution in [0.4, 0.5) is 0 Å². The third-order valence-electron chi connectivity index (χ3n) is 3.16. The third-order valence-corrected chi connectivity index (χ3v) is 3.16. The highest BCUT2D eigenvalue weighted by molar-refractivity contribution is 5.88. The third kappa shape index (κ3) is 5.65. The van der Waals surface area contributed by atoms with Gasteiger partial charge in [0.25, 0.3) is 0 Å². The van der Waals surface area contributed by atoms with Gasteiger partial charge in [0.2, 0.25) is 11.8 Å². The summed E-state index contributed by atoms with van der Waals surface area (Å²) in [6, 6.07) is -0.924. The van der Waals surface area contributed by atoms with Crippen LogP contribution < -0.4 is 11.1 Å². The topological polar surface area (TPSA) is 109 Å². The van der Waals surface area contributed by atoms with Crippen LogP contribution in [0.15, 0.2) is 11.6 Å². The Bertz CT molecular complexity index is 379. The number of aliphatic hydroxyl groups is 1. The molecule has 0 heterocycles. The maximum Gasteiger partial charge on any atom is 0.240 e. The maximum absolute atomic E-state index is 11.6. The van der Waals surface area contributed by atoms with Crippen molar-refractivity contribution in [3.8, 4) is 0 Å². The first-order chi connectivity index (χ1) is 9.02. The quantitative estimate of drug-likeness (QED) is 0.438. The van der Waals surface area contributed by atoms with Gasteiger partial charge in [-0.1, -0.05) is 11.6 Å². The highest BCUT2D eigenvalue weighted by atomic mass is 16.3. The smallest absolute Gasteiger partial charge is 0.240 e. The van der Waals surface area contributed by atoms with Crippen LogP contribution in [0.3, 0.4) is 0 Å². The molecule has 1 aliphatic carbocycles. The molecule has 0 aliphatic heterocycles. The molecule has 106 valence electrons. The molecule has 19 heavy (non-hydrogen) atoms. The van der Waals surface area contributed by atoms with Crippen molar-refractivity contribution >= 4 is 18.1 Å². The first kappa shape index (κ1) is 15.4. The maximum atomic E-state index is 11.6. The van der Waals surface area contributed by atoms with Crippen LogP contribution in [0.1, 0.15) is 38.5 Å². The number of hydrogen-bond acceptors (Lipinski definition) is 4. The number of carbonyl (C=O) groups excluding carboxylic acids is 3. The Morgan fingerprint density at radius 3 is 2.84 bits per heavy atom. The molecular formula is C13H20N2O4. The van der Waals surface area contributed by atoms with Gasteiger partial charge in [0.05, 0.1) is 6.10 Å². The van der Waals surface area contributed by atoms with Crippen LogP contribution in [0.5, 0.6) is 0 Å². The van der Waals surface area contributed by atoms with Gasteiger partial charge in [0.15, 0.2) is 0 Å². The molecule has 0 saturated carbocycles. The van der Waals surface area contributed by atoms with Crippen molar-refractivity contribution in [3.63, 3.8) is 0 Å². The zero-order chi connectivity index (χ0) is 14.3. The molecule has 0 unspecified atom stereocenters. The first-order valence-corrected chi connectivity index (χ1v) is 6.41. The van der Waals surface area contributed by atoms with Gasteiger partial charge in [-0.3, -0.25) is 9.59 Å². The minimum atomic E-state index is -0.924. The number of aliphatic hydroxyl groups excluding tert-OH is 1. The van der Waals surface area contributed by atoms with Gasteiger partial charge >= 0.3 is 0 Å². The van der Waals surface area contributed by atoms with Crippen molar-refractivity contribution in [3.05, 3.63) is 11.6 Å². The summed E-state index contributed by atoms with van der Waals surface area (Å²) in [5.74, 6) is -1.00. The van der Waals surface area contributed by atoms with E-state index in [1.165, 1.54) is 0 Å². The van der Waals surface area contributed by atoms with Gasteiger partial charge in [-0.05, 0) is 25.7 Å². The Balaban J connectivity index is 2.34. The summed E-state index contributed by atoms with van der Waals surface area (Å²) in [5, 5.41) is 11.8. The van der Waals surface area contributed by atoms with Crippen LogP contribution in [0.25, 0.3) is 0 Å². The van der Waals surface area contributed by atoms with E-state index in [1.807, 2.05) is 6.08 Å². The fourth-order valence-corrected chi connectivity index (χ4v) is 1.98. The van der Waals surface area contributed by atoms with Gasteiger partial charge in [0.1, 0.15) is 12.3 Å². The van der Waals surface area contributed by atoms with E-state index in [0.29, 0.717) is 19.1 Å². The van der Waals surface area contributed by atoms with Crippen LogP contribution in [0, 0.1) is 0 Å². The molecule has 0 fully saturated rings. The molecule has 0 radical (unpaired) electrons. The average Bonchev–Trinajstić information content (AvgIpc) is 2.37. The Hall–Kier alpha value is -1.69. The molecule has 4 N–H and O–H groups in total. The number of amides is 2. The molecule has 0 bridgehead atoms. The van der Waals surface area contributed by atoms with E-state index in [9.17, 15) is 19.5 Å². The standard InChI is InChI=1S/C13H20N2O4/c14-13(19)11(7-8-16)15-12(18)6-3-9-1-4-10(17)5-2-9/h1,8,10-11,17H,2-7H2,(H2,14,19)(H,15,18)/t10-,11+/m1/s1. The largest absolute Gasteiger partial charge is 0.393 e. The first-order valence-electron chi connectivity index (χ1n) is 6.41. The fourth-order valence-electron chi connectivity index (χ4n) is 1.98. The summed E-state index contributed by atoms with van der Waals surface area (Å²) < 4.78 is 0. The Morgan fingerprint density at radius 2 is 2.32 bits per heavy atom. The number of nitrogens with one attached hydrogen (secondary N) is 1. The molecule has 0 aromatic rings.